The average Bonchev–Trinajstić information content (AvgIpc) is 2.36. The molecule has 4 heteroatoms. The number of nitrogens with two attached hydrogens (primary N) is 1. The zero-order valence-corrected chi connectivity index (χ0v) is 6.54. The molecule has 62 valence electrons. The summed E-state index contributed by atoms with van der Waals surface area (Å²) in [6.45, 7) is 2.02. The molecule has 1 aromatic rings. The molecular formula is C7H13N3O. The van der Waals surface area contributed by atoms with Gasteiger partial charge in [-0.05, 0) is 13.3 Å². The highest BCUT2D eigenvalue weighted by Gasteiger charge is 2.07. The second-order valence-electron chi connectivity index (χ2n) is 2.57. The molecule has 0 aliphatic heterocycles. The van der Waals surface area contributed by atoms with E-state index in [1.165, 1.54) is 0 Å². The number of aryl methyl sites for hydroxylation is 1. The van der Waals surface area contributed by atoms with Crippen LogP contribution in [0.1, 0.15) is 24.0 Å². The van der Waals surface area contributed by atoms with E-state index in [0.717, 1.165) is 11.5 Å². The molecule has 1 aromatic heterocycles. The van der Waals surface area contributed by atoms with Crippen LogP contribution in [0.25, 0.3) is 0 Å². The Morgan fingerprint density at radius 3 is 3.00 bits per heavy atom. The van der Waals surface area contributed by atoms with Crippen molar-refractivity contribution in [1.82, 2.24) is 9.97 Å². The number of rotatable bonds is 3. The van der Waals surface area contributed by atoms with Crippen LogP contribution in [0.2, 0.25) is 0 Å². The van der Waals surface area contributed by atoms with Crippen molar-refractivity contribution < 1.29 is 5.11 Å². The first kappa shape index (κ1) is 8.23. The number of nitrogens with zero attached hydrogens (tertiary/aromatic N) is 1. The van der Waals surface area contributed by atoms with Crippen molar-refractivity contribution in [2.24, 2.45) is 5.73 Å². The Hall–Kier alpha value is -0.870. The molecule has 0 aliphatic carbocycles. The summed E-state index contributed by atoms with van der Waals surface area (Å²) in [4.78, 5) is 7.06. The topological polar surface area (TPSA) is 74.9 Å². The second kappa shape index (κ2) is 3.50. The average molecular weight is 155 g/mol. The molecular weight excluding hydrogens is 142 g/mol. The number of aliphatic hydroxyl groups is 1. The van der Waals surface area contributed by atoms with Crippen molar-refractivity contribution in [2.75, 3.05) is 6.61 Å². The third kappa shape index (κ3) is 2.03. The molecule has 1 rings (SSSR count). The molecule has 0 spiro atoms. The maximum atomic E-state index is 8.58. The van der Waals surface area contributed by atoms with Gasteiger partial charge in [-0.3, -0.25) is 0 Å². The third-order valence-corrected chi connectivity index (χ3v) is 1.51. The molecule has 0 aromatic carbocycles. The fourth-order valence-corrected chi connectivity index (χ4v) is 0.897. The van der Waals surface area contributed by atoms with Crippen LogP contribution >= 0.6 is 0 Å². The first-order valence-electron chi connectivity index (χ1n) is 3.62. The maximum absolute atomic E-state index is 8.58. The lowest BCUT2D eigenvalue weighted by atomic mass is 10.2. The van der Waals surface area contributed by atoms with Gasteiger partial charge in [0.25, 0.3) is 0 Å². The number of hydrogen-bond donors (Lipinski definition) is 3. The number of hydrogen-bond acceptors (Lipinski definition) is 3. The predicted octanol–water partition coefficient (Wildman–Crippen LogP) is 0.100. The van der Waals surface area contributed by atoms with Gasteiger partial charge in [-0.2, -0.15) is 0 Å². The van der Waals surface area contributed by atoms with Crippen molar-refractivity contribution in [3.63, 3.8) is 0 Å². The van der Waals surface area contributed by atoms with Gasteiger partial charge in [0, 0.05) is 18.5 Å². The summed E-state index contributed by atoms with van der Waals surface area (Å²) in [7, 11) is 0. The van der Waals surface area contributed by atoms with Gasteiger partial charge >= 0.3 is 0 Å². The van der Waals surface area contributed by atoms with Crippen molar-refractivity contribution in [2.45, 2.75) is 19.4 Å². The highest BCUT2D eigenvalue weighted by molar-refractivity contribution is 5.01. The minimum atomic E-state index is -0.173. The minimum absolute atomic E-state index is 0.0981. The van der Waals surface area contributed by atoms with E-state index in [9.17, 15) is 0 Å². The van der Waals surface area contributed by atoms with Gasteiger partial charge in [-0.15, -0.1) is 0 Å². The van der Waals surface area contributed by atoms with Crippen molar-refractivity contribution in [3.05, 3.63) is 17.7 Å². The lowest BCUT2D eigenvalue weighted by molar-refractivity contribution is 0.275. The quantitative estimate of drug-likeness (QED) is 0.579. The predicted molar refractivity (Wildman–Crippen MR) is 42.0 cm³/mol. The normalized spacial score (nSPS) is 13.4. The van der Waals surface area contributed by atoms with Crippen LogP contribution in [0, 0.1) is 6.92 Å². The summed E-state index contributed by atoms with van der Waals surface area (Å²) in [6, 6.07) is -0.173. The van der Waals surface area contributed by atoms with Gasteiger partial charge in [0.1, 0.15) is 5.82 Å². The van der Waals surface area contributed by atoms with Gasteiger partial charge in [0.2, 0.25) is 0 Å². The molecule has 0 amide bonds. The van der Waals surface area contributed by atoms with Crippen molar-refractivity contribution in [1.29, 1.82) is 0 Å². The Bertz CT molecular complexity index is 221. The molecule has 0 unspecified atom stereocenters. The van der Waals surface area contributed by atoms with E-state index in [2.05, 4.69) is 9.97 Å². The number of H-pyrrole nitrogens is 1. The molecule has 0 radical (unpaired) electrons. The number of imidazole rings is 1. The molecule has 1 atom stereocenters. The standard InChI is InChI=1S/C7H13N3O/c1-5-4-9-7(10-5)6(8)2-3-11/h4,6,11H,2-3,8H2,1H3,(H,9,10)/t6-/m1/s1. The SMILES string of the molecule is Cc1cnc([C@H](N)CCO)[nH]1. The lowest BCUT2D eigenvalue weighted by Crippen LogP contribution is -2.13. The fraction of sp³-hybridized carbons (Fsp3) is 0.571. The Morgan fingerprint density at radius 2 is 2.55 bits per heavy atom. The first-order chi connectivity index (χ1) is 5.24. The third-order valence-electron chi connectivity index (χ3n) is 1.51. The lowest BCUT2D eigenvalue weighted by Gasteiger charge is -2.04. The summed E-state index contributed by atoms with van der Waals surface area (Å²) < 4.78 is 0. The van der Waals surface area contributed by atoms with Crippen molar-refractivity contribution >= 4 is 0 Å². The molecule has 1 heterocycles. The van der Waals surface area contributed by atoms with Crippen LogP contribution < -0.4 is 5.73 Å². The molecule has 4 N–H and O–H groups in total. The van der Waals surface area contributed by atoms with Crippen LogP contribution in [0.4, 0.5) is 0 Å². The van der Waals surface area contributed by atoms with Crippen LogP contribution in [-0.4, -0.2) is 21.7 Å². The van der Waals surface area contributed by atoms with Gasteiger partial charge in [-0.1, -0.05) is 0 Å². The summed E-state index contributed by atoms with van der Waals surface area (Å²) in [5.74, 6) is 0.747. The summed E-state index contributed by atoms with van der Waals surface area (Å²) in [5, 5.41) is 8.58. The van der Waals surface area contributed by atoms with Gasteiger partial charge in [-0.25, -0.2) is 4.98 Å². The van der Waals surface area contributed by atoms with E-state index >= 15 is 0 Å². The second-order valence-corrected chi connectivity index (χ2v) is 2.57. The summed E-state index contributed by atoms with van der Waals surface area (Å²) >= 11 is 0. The summed E-state index contributed by atoms with van der Waals surface area (Å²) in [6.07, 6.45) is 2.28. The Kier molecular flexibility index (Phi) is 2.62. The molecule has 0 fully saturated rings. The fourth-order valence-electron chi connectivity index (χ4n) is 0.897. The van der Waals surface area contributed by atoms with E-state index < -0.39 is 0 Å². The van der Waals surface area contributed by atoms with Crippen LogP contribution in [0.5, 0.6) is 0 Å². The van der Waals surface area contributed by atoms with E-state index in [-0.39, 0.29) is 12.6 Å². The molecule has 4 nitrogen and oxygen atoms in total. The van der Waals surface area contributed by atoms with Gasteiger partial charge < -0.3 is 15.8 Å². The smallest absolute Gasteiger partial charge is 0.123 e. The Morgan fingerprint density at radius 1 is 1.82 bits per heavy atom. The summed E-state index contributed by atoms with van der Waals surface area (Å²) in [5.41, 5.74) is 6.66. The highest BCUT2D eigenvalue weighted by atomic mass is 16.3. The molecule has 0 saturated heterocycles. The number of aliphatic hydroxyl groups excluding tert-OH is 1. The first-order valence-corrected chi connectivity index (χ1v) is 3.62. The van der Waals surface area contributed by atoms with Crippen LogP contribution in [-0.2, 0) is 0 Å². The zero-order chi connectivity index (χ0) is 8.27. The molecule has 11 heavy (non-hydrogen) atoms. The number of nitrogens with one attached hydrogen (secondary N) is 1. The van der Waals surface area contributed by atoms with E-state index in [4.69, 9.17) is 10.8 Å². The Labute approximate surface area is 65.5 Å². The van der Waals surface area contributed by atoms with Crippen LogP contribution in [0.3, 0.4) is 0 Å². The number of aromatic amines is 1. The van der Waals surface area contributed by atoms with E-state index in [1.807, 2.05) is 6.92 Å². The monoisotopic (exact) mass is 155 g/mol. The van der Waals surface area contributed by atoms with E-state index in [1.54, 1.807) is 6.20 Å². The highest BCUT2D eigenvalue weighted by Crippen LogP contribution is 2.08. The van der Waals surface area contributed by atoms with Crippen molar-refractivity contribution in [3.8, 4) is 0 Å². The maximum Gasteiger partial charge on any atom is 0.123 e. The Balaban J connectivity index is 2.60. The minimum Gasteiger partial charge on any atom is -0.396 e. The largest absolute Gasteiger partial charge is 0.396 e. The zero-order valence-electron chi connectivity index (χ0n) is 6.54. The van der Waals surface area contributed by atoms with Crippen LogP contribution in [0.15, 0.2) is 6.20 Å². The molecule has 0 saturated carbocycles. The van der Waals surface area contributed by atoms with Gasteiger partial charge in [0.15, 0.2) is 0 Å². The molecule has 0 aliphatic rings. The molecule has 0 bridgehead atoms. The number of aromatic nitrogens is 2. The van der Waals surface area contributed by atoms with Gasteiger partial charge in [0.05, 0.1) is 6.04 Å². The van der Waals surface area contributed by atoms with E-state index in [0.29, 0.717) is 6.42 Å².